The van der Waals surface area contributed by atoms with E-state index in [4.69, 9.17) is 4.74 Å². The Labute approximate surface area is 153 Å². The molecule has 4 nitrogen and oxygen atoms in total. The minimum atomic E-state index is 0.00629. The highest BCUT2D eigenvalue weighted by molar-refractivity contribution is 5.97. The van der Waals surface area contributed by atoms with Crippen LogP contribution in [0.1, 0.15) is 24.5 Å². The van der Waals surface area contributed by atoms with Crippen LogP contribution < -0.4 is 10.3 Å². The van der Waals surface area contributed by atoms with E-state index in [0.717, 1.165) is 59.3 Å². The zero-order chi connectivity index (χ0) is 18.1. The minimum absolute atomic E-state index is 0.00629. The highest BCUT2D eigenvalue weighted by Gasteiger charge is 2.24. The third kappa shape index (κ3) is 3.01. The number of fused-ring (bicyclic) bond motifs is 1. The number of nitrogens with one attached hydrogen (secondary N) is 1. The topological polar surface area (TPSA) is 45.3 Å². The molecule has 1 aliphatic heterocycles. The summed E-state index contributed by atoms with van der Waals surface area (Å²) in [6.45, 7) is 2.11. The molecule has 1 aliphatic rings. The predicted octanol–water partition coefficient (Wildman–Crippen LogP) is 4.01. The van der Waals surface area contributed by atoms with E-state index >= 15 is 0 Å². The van der Waals surface area contributed by atoms with Crippen LogP contribution in [0.4, 0.5) is 0 Å². The van der Waals surface area contributed by atoms with Gasteiger partial charge in [0.2, 0.25) is 0 Å². The van der Waals surface area contributed by atoms with Crippen LogP contribution in [0, 0.1) is 0 Å². The van der Waals surface area contributed by atoms with Gasteiger partial charge in [0.15, 0.2) is 0 Å². The molecule has 4 heteroatoms. The zero-order valence-corrected chi connectivity index (χ0v) is 15.3. The van der Waals surface area contributed by atoms with Crippen LogP contribution in [0.25, 0.3) is 21.9 Å². The molecule has 0 amide bonds. The van der Waals surface area contributed by atoms with Gasteiger partial charge >= 0.3 is 0 Å². The fraction of sp³-hybridized carbons (Fsp3) is 0.318. The Bertz CT molecular complexity index is 968. The summed E-state index contributed by atoms with van der Waals surface area (Å²) < 4.78 is 5.31. The molecule has 2 heterocycles. The van der Waals surface area contributed by atoms with E-state index in [-0.39, 0.29) is 5.56 Å². The summed E-state index contributed by atoms with van der Waals surface area (Å²) in [6, 6.07) is 16.0. The molecular formula is C22H24N2O2. The van der Waals surface area contributed by atoms with Crippen molar-refractivity contribution in [3.8, 4) is 16.9 Å². The lowest BCUT2D eigenvalue weighted by Crippen LogP contribution is -2.30. The van der Waals surface area contributed by atoms with Crippen LogP contribution >= 0.6 is 0 Å². The molecule has 3 aromatic rings. The lowest BCUT2D eigenvalue weighted by Gasteiger charge is -2.30. The van der Waals surface area contributed by atoms with Crippen molar-refractivity contribution in [1.29, 1.82) is 0 Å². The SMILES string of the molecule is COc1ccc(-c2c(C3CCN(C)CC3)[nH]c(=O)c3ccccc23)cc1. The largest absolute Gasteiger partial charge is 0.497 e. The van der Waals surface area contributed by atoms with Gasteiger partial charge in [0.25, 0.3) is 5.56 Å². The number of nitrogens with zero attached hydrogens (tertiary/aromatic N) is 1. The lowest BCUT2D eigenvalue weighted by atomic mass is 9.86. The van der Waals surface area contributed by atoms with Gasteiger partial charge in [-0.3, -0.25) is 4.79 Å². The summed E-state index contributed by atoms with van der Waals surface area (Å²) >= 11 is 0. The maximum absolute atomic E-state index is 12.7. The number of aromatic nitrogens is 1. The van der Waals surface area contributed by atoms with Gasteiger partial charge < -0.3 is 14.6 Å². The van der Waals surface area contributed by atoms with Crippen molar-refractivity contribution < 1.29 is 4.74 Å². The van der Waals surface area contributed by atoms with E-state index in [9.17, 15) is 4.79 Å². The predicted molar refractivity (Wildman–Crippen MR) is 106 cm³/mol. The second kappa shape index (κ2) is 6.96. The highest BCUT2D eigenvalue weighted by atomic mass is 16.5. The molecule has 0 atom stereocenters. The molecule has 0 bridgehead atoms. The van der Waals surface area contributed by atoms with Crippen LogP contribution in [0.15, 0.2) is 53.3 Å². The number of hydrogen-bond donors (Lipinski definition) is 1. The van der Waals surface area contributed by atoms with Gasteiger partial charge in [0.1, 0.15) is 5.75 Å². The molecule has 0 unspecified atom stereocenters. The summed E-state index contributed by atoms with van der Waals surface area (Å²) in [5, 5.41) is 1.77. The normalized spacial score (nSPS) is 16.1. The molecule has 0 spiro atoms. The maximum Gasteiger partial charge on any atom is 0.256 e. The summed E-state index contributed by atoms with van der Waals surface area (Å²) in [5.74, 6) is 1.21. The summed E-state index contributed by atoms with van der Waals surface area (Å²) in [4.78, 5) is 18.3. The standard InChI is InChI=1S/C22H24N2O2/c1-24-13-11-16(12-14-24)21-20(15-7-9-17(26-2)10-8-15)18-5-3-4-6-19(18)22(25)23-21/h3-10,16H,11-14H2,1-2H3,(H,23,25). The van der Waals surface area contributed by atoms with Gasteiger partial charge in [-0.1, -0.05) is 30.3 Å². The Morgan fingerprint density at radius 3 is 2.31 bits per heavy atom. The van der Waals surface area contributed by atoms with E-state index < -0.39 is 0 Å². The van der Waals surface area contributed by atoms with Crippen molar-refractivity contribution in [2.45, 2.75) is 18.8 Å². The van der Waals surface area contributed by atoms with E-state index in [1.165, 1.54) is 0 Å². The first-order valence-electron chi connectivity index (χ1n) is 9.15. The quantitative estimate of drug-likeness (QED) is 0.778. The number of aromatic amines is 1. The first kappa shape index (κ1) is 16.9. The molecule has 26 heavy (non-hydrogen) atoms. The number of rotatable bonds is 3. The molecular weight excluding hydrogens is 324 g/mol. The fourth-order valence-corrected chi connectivity index (χ4v) is 3.97. The Hall–Kier alpha value is -2.59. The second-order valence-corrected chi connectivity index (χ2v) is 7.09. The molecule has 134 valence electrons. The van der Waals surface area contributed by atoms with Gasteiger partial charge in [-0.15, -0.1) is 0 Å². The van der Waals surface area contributed by atoms with Gasteiger partial charge in [0, 0.05) is 22.6 Å². The molecule has 4 rings (SSSR count). The smallest absolute Gasteiger partial charge is 0.256 e. The van der Waals surface area contributed by atoms with E-state index in [2.05, 4.69) is 35.1 Å². The zero-order valence-electron chi connectivity index (χ0n) is 15.3. The van der Waals surface area contributed by atoms with Crippen LogP contribution in [0.2, 0.25) is 0 Å². The first-order chi connectivity index (χ1) is 12.7. The Balaban J connectivity index is 1.93. The lowest BCUT2D eigenvalue weighted by molar-refractivity contribution is 0.253. The maximum atomic E-state index is 12.7. The number of hydrogen-bond acceptors (Lipinski definition) is 3. The number of benzene rings is 2. The second-order valence-electron chi connectivity index (χ2n) is 7.09. The van der Waals surface area contributed by atoms with Gasteiger partial charge in [-0.2, -0.15) is 0 Å². The van der Waals surface area contributed by atoms with Crippen molar-refractivity contribution in [3.63, 3.8) is 0 Å². The molecule has 0 saturated carbocycles. The van der Waals surface area contributed by atoms with Crippen molar-refractivity contribution in [1.82, 2.24) is 9.88 Å². The van der Waals surface area contributed by atoms with Gasteiger partial charge in [-0.05, 0) is 62.1 Å². The Morgan fingerprint density at radius 2 is 1.65 bits per heavy atom. The van der Waals surface area contributed by atoms with Crippen molar-refractivity contribution in [2.24, 2.45) is 0 Å². The van der Waals surface area contributed by atoms with E-state index in [0.29, 0.717) is 5.92 Å². The molecule has 1 fully saturated rings. The number of likely N-dealkylation sites (tertiary alicyclic amines) is 1. The molecule has 1 aromatic heterocycles. The van der Waals surface area contributed by atoms with Crippen molar-refractivity contribution in [3.05, 3.63) is 64.6 Å². The molecule has 2 aromatic carbocycles. The average molecular weight is 348 g/mol. The number of ether oxygens (including phenoxy) is 1. The van der Waals surface area contributed by atoms with Crippen LogP contribution in [0.5, 0.6) is 5.75 Å². The van der Waals surface area contributed by atoms with Crippen molar-refractivity contribution >= 4 is 10.8 Å². The van der Waals surface area contributed by atoms with Gasteiger partial charge in [-0.25, -0.2) is 0 Å². The van der Waals surface area contributed by atoms with E-state index in [1.54, 1.807) is 7.11 Å². The molecule has 0 radical (unpaired) electrons. The first-order valence-corrected chi connectivity index (χ1v) is 9.15. The van der Waals surface area contributed by atoms with Crippen molar-refractivity contribution in [2.75, 3.05) is 27.2 Å². The third-order valence-electron chi connectivity index (χ3n) is 5.46. The Morgan fingerprint density at radius 1 is 1.00 bits per heavy atom. The number of piperidine rings is 1. The van der Waals surface area contributed by atoms with Crippen LogP contribution in [0.3, 0.4) is 0 Å². The number of methoxy groups -OCH3 is 1. The molecule has 1 saturated heterocycles. The minimum Gasteiger partial charge on any atom is -0.497 e. The third-order valence-corrected chi connectivity index (χ3v) is 5.46. The monoisotopic (exact) mass is 348 g/mol. The van der Waals surface area contributed by atoms with E-state index in [1.807, 2.05) is 30.3 Å². The fourth-order valence-electron chi connectivity index (χ4n) is 3.97. The summed E-state index contributed by atoms with van der Waals surface area (Å²) in [5.41, 5.74) is 3.35. The average Bonchev–Trinajstić information content (AvgIpc) is 2.69. The Kier molecular flexibility index (Phi) is 4.51. The van der Waals surface area contributed by atoms with Crippen LogP contribution in [-0.4, -0.2) is 37.1 Å². The number of H-pyrrole nitrogens is 1. The summed E-state index contributed by atoms with van der Waals surface area (Å²) in [6.07, 6.45) is 2.13. The van der Waals surface area contributed by atoms with Crippen LogP contribution in [-0.2, 0) is 0 Å². The molecule has 1 N–H and O–H groups in total. The van der Waals surface area contributed by atoms with Gasteiger partial charge in [0.05, 0.1) is 7.11 Å². The summed E-state index contributed by atoms with van der Waals surface area (Å²) in [7, 11) is 3.83. The number of pyridine rings is 1. The molecule has 0 aliphatic carbocycles. The highest BCUT2D eigenvalue weighted by Crippen LogP contribution is 2.37.